The van der Waals surface area contributed by atoms with E-state index in [2.05, 4.69) is 24.4 Å². The van der Waals surface area contributed by atoms with Crippen LogP contribution >= 0.6 is 0 Å². The molecule has 0 fully saturated rings. The average molecular weight is 266 g/mol. The summed E-state index contributed by atoms with van der Waals surface area (Å²) in [6.07, 6.45) is 0.859. The van der Waals surface area contributed by atoms with Gasteiger partial charge in [-0.25, -0.2) is 0 Å². The molecule has 2 aromatic carbocycles. The highest BCUT2D eigenvalue weighted by Crippen LogP contribution is 2.32. The van der Waals surface area contributed by atoms with E-state index in [1.807, 2.05) is 47.4 Å². The smallest absolute Gasteiger partial charge is 0.257 e. The van der Waals surface area contributed by atoms with Gasteiger partial charge < -0.3 is 10.2 Å². The van der Waals surface area contributed by atoms with Crippen molar-refractivity contribution in [1.29, 1.82) is 0 Å². The lowest BCUT2D eigenvalue weighted by Gasteiger charge is -2.38. The van der Waals surface area contributed by atoms with Crippen molar-refractivity contribution >= 4 is 11.6 Å². The zero-order chi connectivity index (χ0) is 13.9. The van der Waals surface area contributed by atoms with Gasteiger partial charge in [0.1, 0.15) is 6.17 Å². The molecule has 1 N–H and O–H groups in total. The molecule has 1 amide bonds. The molecule has 0 radical (unpaired) electrons. The molecule has 0 unspecified atom stereocenters. The third kappa shape index (κ3) is 2.16. The maximum atomic E-state index is 12.7. The standard InChI is InChI=1S/C17H18N2O/c1-2-12-19-16(13-8-4-3-5-9-13)18-15-11-7-6-10-14(15)17(19)20/h3-11,16,18H,2,12H2,1H3/t16-/m1/s1. The molecule has 0 saturated heterocycles. The number of amides is 1. The fraction of sp³-hybridized carbons (Fsp3) is 0.235. The van der Waals surface area contributed by atoms with E-state index >= 15 is 0 Å². The lowest BCUT2D eigenvalue weighted by Crippen LogP contribution is -2.43. The molecule has 1 aliphatic rings. The molecule has 3 rings (SSSR count). The first-order chi connectivity index (χ1) is 9.81. The number of hydrogen-bond donors (Lipinski definition) is 1. The van der Waals surface area contributed by atoms with Crippen LogP contribution in [-0.4, -0.2) is 17.4 Å². The molecule has 1 atom stereocenters. The predicted octanol–water partition coefficient (Wildman–Crippen LogP) is 3.66. The molecule has 0 bridgehead atoms. The number of para-hydroxylation sites is 1. The number of rotatable bonds is 3. The summed E-state index contributed by atoms with van der Waals surface area (Å²) in [5, 5.41) is 3.48. The van der Waals surface area contributed by atoms with E-state index in [0.29, 0.717) is 0 Å². The van der Waals surface area contributed by atoms with E-state index in [1.54, 1.807) is 0 Å². The van der Waals surface area contributed by atoms with E-state index in [9.17, 15) is 4.79 Å². The van der Waals surface area contributed by atoms with Crippen molar-refractivity contribution in [1.82, 2.24) is 4.90 Å². The Labute approximate surface area is 119 Å². The van der Waals surface area contributed by atoms with Gasteiger partial charge in [0.05, 0.1) is 5.56 Å². The SMILES string of the molecule is CCCN1C(=O)c2ccccc2N[C@H]1c1ccccc1. The van der Waals surface area contributed by atoms with Gasteiger partial charge >= 0.3 is 0 Å². The van der Waals surface area contributed by atoms with Crippen LogP contribution in [0.5, 0.6) is 0 Å². The van der Waals surface area contributed by atoms with Crippen molar-refractivity contribution in [2.45, 2.75) is 19.5 Å². The summed E-state index contributed by atoms with van der Waals surface area (Å²) in [6, 6.07) is 17.8. The zero-order valence-corrected chi connectivity index (χ0v) is 11.5. The fourth-order valence-corrected chi connectivity index (χ4v) is 2.66. The molecule has 3 heteroatoms. The molecule has 20 heavy (non-hydrogen) atoms. The lowest BCUT2D eigenvalue weighted by molar-refractivity contribution is 0.0683. The van der Waals surface area contributed by atoms with Gasteiger partial charge in [0.25, 0.3) is 5.91 Å². The van der Waals surface area contributed by atoms with Crippen LogP contribution in [0.4, 0.5) is 5.69 Å². The summed E-state index contributed by atoms with van der Waals surface area (Å²) < 4.78 is 0. The normalized spacial score (nSPS) is 17.6. The van der Waals surface area contributed by atoms with Crippen LogP contribution in [-0.2, 0) is 0 Å². The number of nitrogens with one attached hydrogen (secondary N) is 1. The van der Waals surface area contributed by atoms with Crippen molar-refractivity contribution < 1.29 is 4.79 Å². The van der Waals surface area contributed by atoms with E-state index in [-0.39, 0.29) is 12.1 Å². The van der Waals surface area contributed by atoms with Crippen molar-refractivity contribution in [2.24, 2.45) is 0 Å². The van der Waals surface area contributed by atoms with Gasteiger partial charge in [0, 0.05) is 12.2 Å². The van der Waals surface area contributed by atoms with Gasteiger partial charge in [-0.05, 0) is 24.1 Å². The topological polar surface area (TPSA) is 32.3 Å². The summed E-state index contributed by atoms with van der Waals surface area (Å²) in [7, 11) is 0. The highest BCUT2D eigenvalue weighted by Gasteiger charge is 2.31. The average Bonchev–Trinajstić information content (AvgIpc) is 2.51. The Kier molecular flexibility index (Phi) is 3.42. The second-order valence-corrected chi connectivity index (χ2v) is 5.00. The Balaban J connectivity index is 2.03. The Hall–Kier alpha value is -2.29. The number of carbonyl (C=O) groups is 1. The predicted molar refractivity (Wildman–Crippen MR) is 80.6 cm³/mol. The van der Waals surface area contributed by atoms with Gasteiger partial charge in [-0.15, -0.1) is 0 Å². The number of fused-ring (bicyclic) bond motifs is 1. The van der Waals surface area contributed by atoms with Crippen LogP contribution in [0.2, 0.25) is 0 Å². The van der Waals surface area contributed by atoms with Gasteiger partial charge in [0.15, 0.2) is 0 Å². The fourth-order valence-electron chi connectivity index (χ4n) is 2.66. The molecule has 0 aliphatic carbocycles. The number of anilines is 1. The van der Waals surface area contributed by atoms with E-state index in [0.717, 1.165) is 29.8 Å². The summed E-state index contributed by atoms with van der Waals surface area (Å²) >= 11 is 0. The molecule has 1 heterocycles. The quantitative estimate of drug-likeness (QED) is 0.919. The first-order valence-electron chi connectivity index (χ1n) is 7.02. The second-order valence-electron chi connectivity index (χ2n) is 5.00. The van der Waals surface area contributed by atoms with E-state index < -0.39 is 0 Å². The maximum Gasteiger partial charge on any atom is 0.257 e. The van der Waals surface area contributed by atoms with Gasteiger partial charge in [-0.3, -0.25) is 4.79 Å². The van der Waals surface area contributed by atoms with Crippen molar-refractivity contribution in [2.75, 3.05) is 11.9 Å². The van der Waals surface area contributed by atoms with Gasteiger partial charge in [-0.1, -0.05) is 49.4 Å². The number of nitrogens with zero attached hydrogens (tertiary/aromatic N) is 1. The number of benzene rings is 2. The number of hydrogen-bond acceptors (Lipinski definition) is 2. The monoisotopic (exact) mass is 266 g/mol. The Morgan fingerprint density at radius 2 is 1.75 bits per heavy atom. The highest BCUT2D eigenvalue weighted by molar-refractivity contribution is 6.01. The molecule has 0 spiro atoms. The van der Waals surface area contributed by atoms with E-state index in [1.165, 1.54) is 0 Å². The van der Waals surface area contributed by atoms with Gasteiger partial charge in [-0.2, -0.15) is 0 Å². The first-order valence-corrected chi connectivity index (χ1v) is 7.02. The molecule has 0 aromatic heterocycles. The van der Waals surface area contributed by atoms with Crippen molar-refractivity contribution in [3.8, 4) is 0 Å². The van der Waals surface area contributed by atoms with Crippen LogP contribution in [0.15, 0.2) is 54.6 Å². The van der Waals surface area contributed by atoms with Crippen molar-refractivity contribution in [3.63, 3.8) is 0 Å². The second kappa shape index (κ2) is 5.37. The van der Waals surface area contributed by atoms with Crippen molar-refractivity contribution in [3.05, 3.63) is 65.7 Å². The minimum absolute atomic E-state index is 0.0847. The zero-order valence-electron chi connectivity index (χ0n) is 11.5. The highest BCUT2D eigenvalue weighted by atomic mass is 16.2. The minimum atomic E-state index is -0.0847. The minimum Gasteiger partial charge on any atom is -0.361 e. The lowest BCUT2D eigenvalue weighted by atomic mass is 10.0. The summed E-state index contributed by atoms with van der Waals surface area (Å²) in [5.41, 5.74) is 2.79. The van der Waals surface area contributed by atoms with Crippen LogP contribution < -0.4 is 5.32 Å². The van der Waals surface area contributed by atoms with Crippen LogP contribution in [0.3, 0.4) is 0 Å². The third-order valence-corrected chi connectivity index (χ3v) is 3.60. The molecule has 3 nitrogen and oxygen atoms in total. The Morgan fingerprint density at radius 1 is 1.05 bits per heavy atom. The summed E-state index contributed by atoms with van der Waals surface area (Å²) in [6.45, 7) is 2.84. The maximum absolute atomic E-state index is 12.7. The molecule has 1 aliphatic heterocycles. The van der Waals surface area contributed by atoms with E-state index in [4.69, 9.17) is 0 Å². The molecule has 102 valence electrons. The van der Waals surface area contributed by atoms with Crippen LogP contribution in [0.25, 0.3) is 0 Å². The molecule has 0 saturated carbocycles. The Bertz CT molecular complexity index is 609. The first kappa shape index (κ1) is 12.7. The third-order valence-electron chi connectivity index (χ3n) is 3.60. The summed E-state index contributed by atoms with van der Waals surface area (Å²) in [5.74, 6) is 0.107. The van der Waals surface area contributed by atoms with Gasteiger partial charge in [0.2, 0.25) is 0 Å². The largest absolute Gasteiger partial charge is 0.361 e. The molecule has 2 aromatic rings. The van der Waals surface area contributed by atoms with Crippen LogP contribution in [0.1, 0.15) is 35.4 Å². The Morgan fingerprint density at radius 3 is 2.50 bits per heavy atom. The molecular weight excluding hydrogens is 248 g/mol. The number of carbonyl (C=O) groups excluding carboxylic acids is 1. The molecular formula is C17H18N2O. The van der Waals surface area contributed by atoms with Crippen LogP contribution in [0, 0.1) is 0 Å². The summed E-state index contributed by atoms with van der Waals surface area (Å²) in [4.78, 5) is 14.6.